The van der Waals surface area contributed by atoms with Gasteiger partial charge in [-0.15, -0.1) is 11.3 Å². The minimum Gasteiger partial charge on any atom is -0.456 e. The van der Waals surface area contributed by atoms with E-state index in [9.17, 15) is 0 Å². The number of pyridine rings is 1. The molecule has 0 radical (unpaired) electrons. The van der Waals surface area contributed by atoms with Crippen LogP contribution >= 0.6 is 11.3 Å². The molecule has 0 fully saturated rings. The standard InChI is InChI=1S/C45H28N2OS/c1-2-10-29(11-3-1)34-13-6-8-16-40(34)47(33-23-26-42-38(28-33)36-15-7-9-17-41(36)48-42)32-21-18-31(19-22-32)39-25-27-43-44(46-39)37-24-20-30-12-4-5-14-35(30)45(37)49-43/h1-28H. The van der Waals surface area contributed by atoms with Crippen molar-refractivity contribution in [2.75, 3.05) is 4.90 Å². The zero-order valence-electron chi connectivity index (χ0n) is 26.4. The molecule has 0 aliphatic rings. The highest BCUT2D eigenvalue weighted by Gasteiger charge is 2.19. The van der Waals surface area contributed by atoms with Crippen LogP contribution < -0.4 is 4.90 Å². The van der Waals surface area contributed by atoms with Crippen LogP contribution in [0.15, 0.2) is 174 Å². The second-order valence-electron chi connectivity index (χ2n) is 12.4. The topological polar surface area (TPSA) is 29.3 Å². The van der Waals surface area contributed by atoms with Gasteiger partial charge in [0.05, 0.1) is 21.6 Å². The first-order valence-corrected chi connectivity index (χ1v) is 17.3. The van der Waals surface area contributed by atoms with Gasteiger partial charge in [0.2, 0.25) is 0 Å². The van der Waals surface area contributed by atoms with Gasteiger partial charge in [0.1, 0.15) is 11.2 Å². The Morgan fingerprint density at radius 3 is 2.12 bits per heavy atom. The molecule has 0 atom stereocenters. The highest BCUT2D eigenvalue weighted by atomic mass is 32.1. The summed E-state index contributed by atoms with van der Waals surface area (Å²) in [5.74, 6) is 0. The summed E-state index contributed by atoms with van der Waals surface area (Å²) >= 11 is 1.82. The zero-order valence-corrected chi connectivity index (χ0v) is 27.2. The fourth-order valence-electron chi connectivity index (χ4n) is 7.12. The Labute approximate surface area is 286 Å². The highest BCUT2D eigenvalue weighted by molar-refractivity contribution is 7.26. The Kier molecular flexibility index (Phi) is 6.36. The van der Waals surface area contributed by atoms with Gasteiger partial charge in [-0.3, -0.25) is 0 Å². The van der Waals surface area contributed by atoms with E-state index < -0.39 is 0 Å². The monoisotopic (exact) mass is 644 g/mol. The Bertz CT molecular complexity index is 2830. The molecule has 3 nitrogen and oxygen atoms in total. The Balaban J connectivity index is 1.11. The summed E-state index contributed by atoms with van der Waals surface area (Å²) in [6, 6.07) is 60.2. The second kappa shape index (κ2) is 11.2. The summed E-state index contributed by atoms with van der Waals surface area (Å²) < 4.78 is 8.70. The van der Waals surface area contributed by atoms with E-state index in [2.05, 4.69) is 163 Å². The molecule has 3 aromatic heterocycles. The third-order valence-electron chi connectivity index (χ3n) is 9.47. The molecule has 0 saturated carbocycles. The molecular formula is C45H28N2OS. The van der Waals surface area contributed by atoms with Crippen LogP contribution in [0.4, 0.5) is 17.1 Å². The minimum absolute atomic E-state index is 0.881. The van der Waals surface area contributed by atoms with E-state index in [0.29, 0.717) is 0 Å². The number of anilines is 3. The van der Waals surface area contributed by atoms with Crippen LogP contribution in [0.3, 0.4) is 0 Å². The van der Waals surface area contributed by atoms with Crippen molar-refractivity contribution in [1.82, 2.24) is 4.98 Å². The maximum atomic E-state index is 6.20. The first-order chi connectivity index (χ1) is 24.3. The minimum atomic E-state index is 0.881. The Morgan fingerprint density at radius 2 is 1.22 bits per heavy atom. The van der Waals surface area contributed by atoms with Crippen LogP contribution in [-0.2, 0) is 0 Å². The van der Waals surface area contributed by atoms with Gasteiger partial charge in [0.25, 0.3) is 0 Å². The lowest BCUT2D eigenvalue weighted by molar-refractivity contribution is 0.669. The van der Waals surface area contributed by atoms with E-state index in [-0.39, 0.29) is 0 Å². The average molecular weight is 645 g/mol. The molecule has 0 bridgehead atoms. The van der Waals surface area contributed by atoms with Crippen molar-refractivity contribution < 1.29 is 4.42 Å². The summed E-state index contributed by atoms with van der Waals surface area (Å²) in [5.41, 5.74) is 10.4. The van der Waals surface area contributed by atoms with Crippen LogP contribution in [-0.4, -0.2) is 4.98 Å². The lowest BCUT2D eigenvalue weighted by Crippen LogP contribution is -2.11. The van der Waals surface area contributed by atoms with Crippen molar-refractivity contribution in [3.8, 4) is 22.4 Å². The molecule has 10 aromatic rings. The largest absolute Gasteiger partial charge is 0.456 e. The molecule has 0 amide bonds. The van der Waals surface area contributed by atoms with Crippen molar-refractivity contribution in [3.63, 3.8) is 0 Å². The third kappa shape index (κ3) is 4.61. The number of hydrogen-bond acceptors (Lipinski definition) is 4. The van der Waals surface area contributed by atoms with Gasteiger partial charge in [-0.2, -0.15) is 0 Å². The molecule has 0 saturated heterocycles. The molecule has 0 aliphatic carbocycles. The second-order valence-corrected chi connectivity index (χ2v) is 13.4. The van der Waals surface area contributed by atoms with E-state index in [0.717, 1.165) is 61.3 Å². The summed E-state index contributed by atoms with van der Waals surface area (Å²) in [5, 5.41) is 5.96. The fourth-order valence-corrected chi connectivity index (χ4v) is 8.30. The SMILES string of the molecule is c1ccc(-c2ccccc2N(c2ccc(-c3ccc4sc5c6ccccc6ccc5c4n3)cc2)c2ccc3oc4ccccc4c3c2)cc1. The van der Waals surface area contributed by atoms with Gasteiger partial charge < -0.3 is 9.32 Å². The van der Waals surface area contributed by atoms with Crippen LogP contribution in [0, 0.1) is 0 Å². The van der Waals surface area contributed by atoms with Crippen LogP contribution in [0.2, 0.25) is 0 Å². The molecule has 3 heterocycles. The number of rotatable bonds is 5. The predicted molar refractivity (Wildman–Crippen MR) is 207 cm³/mol. The van der Waals surface area contributed by atoms with Crippen LogP contribution in [0.25, 0.3) is 75.4 Å². The molecule has 0 aliphatic heterocycles. The van der Waals surface area contributed by atoms with E-state index in [1.54, 1.807) is 0 Å². The number of fused-ring (bicyclic) bond motifs is 8. The molecule has 49 heavy (non-hydrogen) atoms. The average Bonchev–Trinajstić information content (AvgIpc) is 3.74. The number of benzene rings is 7. The van der Waals surface area contributed by atoms with Crippen LogP contribution in [0.5, 0.6) is 0 Å². The number of aromatic nitrogens is 1. The van der Waals surface area contributed by atoms with E-state index >= 15 is 0 Å². The normalized spacial score (nSPS) is 11.7. The number of furan rings is 1. The van der Waals surface area contributed by atoms with E-state index in [1.165, 1.54) is 31.1 Å². The molecular weight excluding hydrogens is 617 g/mol. The molecule has 4 heteroatoms. The smallest absolute Gasteiger partial charge is 0.135 e. The molecule has 0 N–H and O–H groups in total. The van der Waals surface area contributed by atoms with Gasteiger partial charge in [-0.1, -0.05) is 115 Å². The van der Waals surface area contributed by atoms with Gasteiger partial charge in [0.15, 0.2) is 0 Å². The maximum Gasteiger partial charge on any atom is 0.135 e. The Hall–Kier alpha value is -6.23. The molecule has 7 aromatic carbocycles. The van der Waals surface area contributed by atoms with Gasteiger partial charge >= 0.3 is 0 Å². The van der Waals surface area contributed by atoms with Gasteiger partial charge in [0, 0.05) is 43.4 Å². The summed E-state index contributed by atoms with van der Waals surface area (Å²) in [4.78, 5) is 7.58. The summed E-state index contributed by atoms with van der Waals surface area (Å²) in [6.45, 7) is 0. The van der Waals surface area contributed by atoms with Gasteiger partial charge in [-0.25, -0.2) is 4.98 Å². The van der Waals surface area contributed by atoms with Crippen molar-refractivity contribution in [2.45, 2.75) is 0 Å². The van der Waals surface area contributed by atoms with Crippen molar-refractivity contribution in [2.24, 2.45) is 0 Å². The van der Waals surface area contributed by atoms with Gasteiger partial charge in [-0.05, 0) is 70.9 Å². The van der Waals surface area contributed by atoms with E-state index in [4.69, 9.17) is 9.40 Å². The fraction of sp³-hybridized carbons (Fsp3) is 0. The van der Waals surface area contributed by atoms with Crippen LogP contribution in [0.1, 0.15) is 0 Å². The van der Waals surface area contributed by atoms with Crippen molar-refractivity contribution in [3.05, 3.63) is 170 Å². The highest BCUT2D eigenvalue weighted by Crippen LogP contribution is 2.43. The zero-order chi connectivity index (χ0) is 32.3. The lowest BCUT2D eigenvalue weighted by atomic mass is 10.0. The van der Waals surface area contributed by atoms with Crippen molar-refractivity contribution in [1.29, 1.82) is 0 Å². The Morgan fingerprint density at radius 1 is 0.490 bits per heavy atom. The number of nitrogens with zero attached hydrogens (tertiary/aromatic N) is 2. The first-order valence-electron chi connectivity index (χ1n) is 16.5. The predicted octanol–water partition coefficient (Wildman–Crippen LogP) is 13.3. The molecule has 230 valence electrons. The summed E-state index contributed by atoms with van der Waals surface area (Å²) in [7, 11) is 0. The molecule has 10 rings (SSSR count). The quantitative estimate of drug-likeness (QED) is 0.187. The van der Waals surface area contributed by atoms with E-state index in [1.807, 2.05) is 23.5 Å². The molecule has 0 unspecified atom stereocenters. The third-order valence-corrected chi connectivity index (χ3v) is 10.7. The summed E-state index contributed by atoms with van der Waals surface area (Å²) in [6.07, 6.45) is 0. The lowest BCUT2D eigenvalue weighted by Gasteiger charge is -2.28. The number of para-hydroxylation sites is 2. The number of thiophene rings is 1. The molecule has 0 spiro atoms. The number of hydrogen-bond donors (Lipinski definition) is 0. The first kappa shape index (κ1) is 27.8. The maximum absolute atomic E-state index is 6.20. The van der Waals surface area contributed by atoms with Crippen molar-refractivity contribution >= 4 is 81.4 Å².